The lowest BCUT2D eigenvalue weighted by Gasteiger charge is -2.32. The van der Waals surface area contributed by atoms with Gasteiger partial charge in [-0.05, 0) is 91.3 Å². The van der Waals surface area contributed by atoms with Crippen LogP contribution in [-0.2, 0) is 24.4 Å². The monoisotopic (exact) mass is 646 g/mol. The first-order chi connectivity index (χ1) is 18.5. The number of fused-ring (bicyclic) bond motifs is 1. The summed E-state index contributed by atoms with van der Waals surface area (Å²) in [6.45, 7) is 4.62. The SMILES string of the molecule is Fc1cc(Cl)ccc1COc1cccc(C2CCN(Cc3nc4cc(I)ccc4n3C[C@@H]3CCO3)CC2)n1. The Kier molecular flexibility index (Phi) is 7.83. The third-order valence-corrected chi connectivity index (χ3v) is 8.38. The van der Waals surface area contributed by atoms with E-state index in [2.05, 4.69) is 56.3 Å². The summed E-state index contributed by atoms with van der Waals surface area (Å²) in [5.74, 6) is 1.62. The standard InChI is InChI=1S/C29H29ClFIN4O2/c30-21-5-4-20(24(31)14-21)18-38-29-3-1-2-25(34-29)19-8-11-35(12-9-19)17-28-33-26-15-22(32)6-7-27(26)36(28)16-23-10-13-37-23/h1-7,14-15,19,23H,8-13,16-18H2/t23-/m0/s1. The number of hydrogen-bond acceptors (Lipinski definition) is 5. The Morgan fingerprint density at radius 2 is 1.89 bits per heavy atom. The zero-order valence-electron chi connectivity index (χ0n) is 21.0. The summed E-state index contributed by atoms with van der Waals surface area (Å²) in [5.41, 5.74) is 3.73. The summed E-state index contributed by atoms with van der Waals surface area (Å²) >= 11 is 8.20. The second-order valence-electron chi connectivity index (χ2n) is 10.0. The molecule has 9 heteroatoms. The van der Waals surface area contributed by atoms with Crippen molar-refractivity contribution >= 4 is 45.2 Å². The van der Waals surface area contributed by atoms with Crippen LogP contribution in [0.25, 0.3) is 11.0 Å². The Morgan fingerprint density at radius 3 is 2.66 bits per heavy atom. The number of halogens is 3. The Bertz CT molecular complexity index is 1440. The highest BCUT2D eigenvalue weighted by Crippen LogP contribution is 2.30. The molecule has 6 rings (SSSR count). The molecular formula is C29H29ClFIN4O2. The normalized spacial score (nSPS) is 18.6. The zero-order valence-corrected chi connectivity index (χ0v) is 23.9. The summed E-state index contributed by atoms with van der Waals surface area (Å²) in [4.78, 5) is 12.3. The molecule has 0 bridgehead atoms. The predicted octanol–water partition coefficient (Wildman–Crippen LogP) is 6.58. The molecule has 0 saturated carbocycles. The smallest absolute Gasteiger partial charge is 0.213 e. The zero-order chi connectivity index (χ0) is 26.1. The third-order valence-electron chi connectivity index (χ3n) is 7.48. The molecule has 2 aliphatic heterocycles. The van der Waals surface area contributed by atoms with Gasteiger partial charge in [0.05, 0.1) is 30.2 Å². The first kappa shape index (κ1) is 26.0. The minimum absolute atomic E-state index is 0.115. The van der Waals surface area contributed by atoms with Crippen LogP contribution in [0.3, 0.4) is 0 Å². The summed E-state index contributed by atoms with van der Waals surface area (Å²) < 4.78 is 29.2. The second-order valence-corrected chi connectivity index (χ2v) is 11.7. The van der Waals surface area contributed by atoms with Crippen molar-refractivity contribution in [3.05, 3.63) is 86.1 Å². The van der Waals surface area contributed by atoms with E-state index in [-0.39, 0.29) is 18.5 Å². The molecule has 1 atom stereocenters. The van der Waals surface area contributed by atoms with E-state index in [1.165, 1.54) is 15.2 Å². The maximum absolute atomic E-state index is 14.1. The maximum atomic E-state index is 14.1. The topological polar surface area (TPSA) is 52.4 Å². The van der Waals surface area contributed by atoms with Gasteiger partial charge in [0.1, 0.15) is 18.2 Å². The highest BCUT2D eigenvalue weighted by Gasteiger charge is 2.26. The number of benzene rings is 2. The van der Waals surface area contributed by atoms with Crippen LogP contribution in [0.1, 0.15) is 42.3 Å². The largest absolute Gasteiger partial charge is 0.473 e. The molecule has 4 heterocycles. The molecule has 0 spiro atoms. The van der Waals surface area contributed by atoms with Gasteiger partial charge in [0.2, 0.25) is 5.88 Å². The Balaban J connectivity index is 1.09. The van der Waals surface area contributed by atoms with Gasteiger partial charge in [-0.3, -0.25) is 4.90 Å². The fourth-order valence-corrected chi connectivity index (χ4v) is 5.86. The van der Waals surface area contributed by atoms with Gasteiger partial charge in [-0.2, -0.15) is 0 Å². The van der Waals surface area contributed by atoms with Crippen LogP contribution < -0.4 is 4.74 Å². The van der Waals surface area contributed by atoms with Gasteiger partial charge in [-0.15, -0.1) is 0 Å². The van der Waals surface area contributed by atoms with E-state index >= 15 is 0 Å². The number of nitrogens with zero attached hydrogens (tertiary/aromatic N) is 4. The average molecular weight is 647 g/mol. The van der Waals surface area contributed by atoms with E-state index in [4.69, 9.17) is 31.0 Å². The van der Waals surface area contributed by atoms with Gasteiger partial charge in [-0.25, -0.2) is 14.4 Å². The summed E-state index contributed by atoms with van der Waals surface area (Å²) in [6, 6.07) is 17.0. The number of rotatable bonds is 8. The lowest BCUT2D eigenvalue weighted by atomic mass is 9.93. The maximum Gasteiger partial charge on any atom is 0.213 e. The van der Waals surface area contributed by atoms with E-state index in [9.17, 15) is 4.39 Å². The van der Waals surface area contributed by atoms with Crippen molar-refractivity contribution in [3.8, 4) is 5.88 Å². The van der Waals surface area contributed by atoms with Crippen LogP contribution in [0, 0.1) is 9.39 Å². The second kappa shape index (κ2) is 11.5. The highest BCUT2D eigenvalue weighted by molar-refractivity contribution is 14.1. The first-order valence-corrected chi connectivity index (χ1v) is 14.5. The molecule has 0 aliphatic carbocycles. The Morgan fingerprint density at radius 1 is 1.05 bits per heavy atom. The minimum atomic E-state index is -0.371. The lowest BCUT2D eigenvalue weighted by molar-refractivity contribution is -0.0592. The summed E-state index contributed by atoms with van der Waals surface area (Å²) in [7, 11) is 0. The number of hydrogen-bond donors (Lipinski definition) is 0. The Labute approximate surface area is 240 Å². The molecule has 6 nitrogen and oxygen atoms in total. The number of likely N-dealkylation sites (tertiary alicyclic amines) is 1. The molecule has 198 valence electrons. The number of pyridine rings is 1. The molecule has 0 N–H and O–H groups in total. The molecule has 2 fully saturated rings. The van der Waals surface area contributed by atoms with Gasteiger partial charge < -0.3 is 14.0 Å². The predicted molar refractivity (Wildman–Crippen MR) is 154 cm³/mol. The van der Waals surface area contributed by atoms with Crippen LogP contribution in [0.4, 0.5) is 4.39 Å². The van der Waals surface area contributed by atoms with E-state index in [0.29, 0.717) is 22.4 Å². The van der Waals surface area contributed by atoms with Gasteiger partial charge in [0, 0.05) is 38.4 Å². The van der Waals surface area contributed by atoms with Gasteiger partial charge in [0.15, 0.2) is 0 Å². The highest BCUT2D eigenvalue weighted by atomic mass is 127. The molecule has 2 aromatic heterocycles. The molecule has 2 aliphatic rings. The van der Waals surface area contributed by atoms with E-state index in [1.807, 2.05) is 12.1 Å². The van der Waals surface area contributed by atoms with Crippen LogP contribution in [0.15, 0.2) is 54.6 Å². The number of imidazole rings is 1. The van der Waals surface area contributed by atoms with Gasteiger partial charge >= 0.3 is 0 Å². The molecule has 2 saturated heterocycles. The van der Waals surface area contributed by atoms with Crippen molar-refractivity contribution in [2.75, 3.05) is 19.7 Å². The number of piperidine rings is 1. The fraction of sp³-hybridized carbons (Fsp3) is 0.379. The molecule has 0 radical (unpaired) electrons. The number of ether oxygens (including phenoxy) is 2. The van der Waals surface area contributed by atoms with Crippen molar-refractivity contribution in [2.45, 2.75) is 51.0 Å². The van der Waals surface area contributed by atoms with Crippen LogP contribution in [-0.4, -0.2) is 45.2 Å². The Hall–Kier alpha value is -2.27. The minimum Gasteiger partial charge on any atom is -0.473 e. The number of aromatic nitrogens is 3. The summed E-state index contributed by atoms with van der Waals surface area (Å²) in [6.07, 6.45) is 3.44. The molecular weight excluding hydrogens is 618 g/mol. The van der Waals surface area contributed by atoms with Crippen molar-refractivity contribution < 1.29 is 13.9 Å². The quantitative estimate of drug-likeness (QED) is 0.203. The van der Waals surface area contributed by atoms with Crippen LogP contribution in [0.2, 0.25) is 5.02 Å². The van der Waals surface area contributed by atoms with Gasteiger partial charge in [0.25, 0.3) is 0 Å². The van der Waals surface area contributed by atoms with E-state index < -0.39 is 0 Å². The van der Waals surface area contributed by atoms with Crippen LogP contribution in [0.5, 0.6) is 5.88 Å². The molecule has 2 aromatic carbocycles. The third kappa shape index (κ3) is 5.83. The van der Waals surface area contributed by atoms with Crippen molar-refractivity contribution in [3.63, 3.8) is 0 Å². The summed E-state index contributed by atoms with van der Waals surface area (Å²) in [5, 5.41) is 0.372. The lowest BCUT2D eigenvalue weighted by Crippen LogP contribution is -2.35. The molecule has 4 aromatic rings. The van der Waals surface area contributed by atoms with E-state index in [0.717, 1.165) is 69.1 Å². The first-order valence-electron chi connectivity index (χ1n) is 13.0. The van der Waals surface area contributed by atoms with Crippen molar-refractivity contribution in [1.82, 2.24) is 19.4 Å². The molecule has 38 heavy (non-hydrogen) atoms. The van der Waals surface area contributed by atoms with Gasteiger partial charge in [-0.1, -0.05) is 23.7 Å². The van der Waals surface area contributed by atoms with E-state index in [1.54, 1.807) is 12.1 Å². The van der Waals surface area contributed by atoms with Crippen molar-refractivity contribution in [1.29, 1.82) is 0 Å². The average Bonchev–Trinajstić information content (AvgIpc) is 3.22. The molecule has 0 unspecified atom stereocenters. The fourth-order valence-electron chi connectivity index (χ4n) is 5.23. The van der Waals surface area contributed by atoms with Crippen molar-refractivity contribution in [2.24, 2.45) is 0 Å². The molecule has 0 amide bonds. The van der Waals surface area contributed by atoms with Crippen LogP contribution >= 0.6 is 34.2 Å².